The van der Waals surface area contributed by atoms with E-state index in [-0.39, 0.29) is 17.0 Å². The Kier molecular flexibility index (Phi) is 6.08. The Hall–Kier alpha value is -2.44. The van der Waals surface area contributed by atoms with Gasteiger partial charge in [0.15, 0.2) is 0 Å². The van der Waals surface area contributed by atoms with Gasteiger partial charge in [-0.05, 0) is 57.1 Å². The Labute approximate surface area is 159 Å². The van der Waals surface area contributed by atoms with Gasteiger partial charge < -0.3 is 9.88 Å². The molecule has 0 aliphatic carbocycles. The van der Waals surface area contributed by atoms with Crippen molar-refractivity contribution in [3.8, 4) is 0 Å². The molecule has 3 heterocycles. The highest BCUT2D eigenvalue weighted by Gasteiger charge is 2.27. The van der Waals surface area contributed by atoms with Crippen LogP contribution in [0.2, 0.25) is 0 Å². The van der Waals surface area contributed by atoms with E-state index in [1.54, 1.807) is 0 Å². The van der Waals surface area contributed by atoms with Crippen molar-refractivity contribution in [2.45, 2.75) is 59.4 Å². The molecule has 1 N–H and O–H groups in total. The lowest BCUT2D eigenvalue weighted by atomic mass is 9.97. The number of hydrogen-bond donors (Lipinski definition) is 1. The van der Waals surface area contributed by atoms with Crippen molar-refractivity contribution < 1.29 is 4.79 Å². The van der Waals surface area contributed by atoms with Crippen LogP contribution >= 0.6 is 0 Å². The minimum absolute atomic E-state index is 0.166. The summed E-state index contributed by atoms with van der Waals surface area (Å²) in [7, 11) is 0. The molecular formula is C20H29N5O2. The number of hydrogen-bond acceptors (Lipinski definition) is 4. The van der Waals surface area contributed by atoms with Gasteiger partial charge in [0.1, 0.15) is 5.56 Å². The van der Waals surface area contributed by atoms with Crippen LogP contribution in [0.3, 0.4) is 0 Å². The summed E-state index contributed by atoms with van der Waals surface area (Å²) in [6, 6.07) is 1.85. The van der Waals surface area contributed by atoms with Crippen LogP contribution in [0.5, 0.6) is 0 Å². The number of likely N-dealkylation sites (tertiary alicyclic amines) is 1. The second-order valence-corrected chi connectivity index (χ2v) is 7.63. The van der Waals surface area contributed by atoms with Gasteiger partial charge in [-0.2, -0.15) is 0 Å². The first-order chi connectivity index (χ1) is 13.0. The number of aromatic amines is 1. The maximum Gasteiger partial charge on any atom is 0.261 e. The molecule has 1 amide bonds. The van der Waals surface area contributed by atoms with Crippen molar-refractivity contribution in [2.24, 2.45) is 5.92 Å². The zero-order valence-electron chi connectivity index (χ0n) is 16.5. The number of nitrogens with zero attached hydrogens (tertiary/aromatic N) is 4. The summed E-state index contributed by atoms with van der Waals surface area (Å²) in [5.74, 6) is 0.161. The van der Waals surface area contributed by atoms with Gasteiger partial charge in [-0.1, -0.05) is 18.6 Å². The van der Waals surface area contributed by atoms with Crippen molar-refractivity contribution in [1.29, 1.82) is 0 Å². The van der Waals surface area contributed by atoms with E-state index >= 15 is 0 Å². The van der Waals surface area contributed by atoms with Crippen molar-refractivity contribution in [3.05, 3.63) is 45.1 Å². The van der Waals surface area contributed by atoms with Gasteiger partial charge in [-0.3, -0.25) is 14.3 Å². The molecule has 0 bridgehead atoms. The van der Waals surface area contributed by atoms with Crippen molar-refractivity contribution in [1.82, 2.24) is 24.9 Å². The summed E-state index contributed by atoms with van der Waals surface area (Å²) in [5, 5.41) is 8.48. The number of piperidine rings is 1. The molecular weight excluding hydrogens is 342 g/mol. The van der Waals surface area contributed by atoms with Gasteiger partial charge in [0, 0.05) is 31.5 Å². The highest BCUT2D eigenvalue weighted by molar-refractivity contribution is 5.95. The van der Waals surface area contributed by atoms with E-state index in [4.69, 9.17) is 0 Å². The molecule has 1 aliphatic heterocycles. The zero-order chi connectivity index (χ0) is 19.4. The molecule has 0 aromatic carbocycles. The summed E-state index contributed by atoms with van der Waals surface area (Å²) < 4.78 is 1.90. The Bertz CT molecular complexity index is 854. The van der Waals surface area contributed by atoms with Crippen LogP contribution in [-0.2, 0) is 13.0 Å². The number of amides is 1. The first-order valence-corrected chi connectivity index (χ1v) is 9.86. The van der Waals surface area contributed by atoms with Crippen molar-refractivity contribution in [2.75, 3.05) is 13.1 Å². The number of rotatable bonds is 6. The number of pyridine rings is 1. The van der Waals surface area contributed by atoms with Gasteiger partial charge in [0.2, 0.25) is 0 Å². The maximum absolute atomic E-state index is 12.9. The molecule has 2 aromatic rings. The molecule has 1 aliphatic rings. The molecule has 146 valence electrons. The fraction of sp³-hybridized carbons (Fsp3) is 0.600. The quantitative estimate of drug-likeness (QED) is 0.845. The molecule has 27 heavy (non-hydrogen) atoms. The molecule has 2 aromatic heterocycles. The molecule has 0 spiro atoms. The van der Waals surface area contributed by atoms with E-state index in [1.165, 1.54) is 0 Å². The average Bonchev–Trinajstić information content (AvgIpc) is 3.06. The van der Waals surface area contributed by atoms with Crippen LogP contribution in [0, 0.1) is 19.8 Å². The van der Waals surface area contributed by atoms with E-state index in [0.29, 0.717) is 19.0 Å². The Balaban J connectivity index is 1.66. The van der Waals surface area contributed by atoms with Crippen LogP contribution in [0.4, 0.5) is 0 Å². The molecule has 0 saturated carbocycles. The van der Waals surface area contributed by atoms with Gasteiger partial charge in [-0.15, -0.1) is 5.10 Å². The lowest BCUT2D eigenvalue weighted by Gasteiger charge is -2.32. The molecule has 7 nitrogen and oxygen atoms in total. The third-order valence-corrected chi connectivity index (χ3v) is 5.20. The van der Waals surface area contributed by atoms with Crippen molar-refractivity contribution in [3.63, 3.8) is 0 Å². The first kappa shape index (κ1) is 19.3. The predicted molar refractivity (Wildman–Crippen MR) is 104 cm³/mol. The number of aromatic nitrogens is 4. The summed E-state index contributed by atoms with van der Waals surface area (Å²) in [6.45, 7) is 7.92. The van der Waals surface area contributed by atoms with E-state index in [9.17, 15) is 9.59 Å². The number of carbonyl (C=O) groups is 1. The summed E-state index contributed by atoms with van der Waals surface area (Å²) in [4.78, 5) is 29.8. The number of nitrogens with one attached hydrogen (secondary N) is 1. The first-order valence-electron chi connectivity index (χ1n) is 9.86. The van der Waals surface area contributed by atoms with Gasteiger partial charge in [-0.25, -0.2) is 0 Å². The molecule has 7 heteroatoms. The van der Waals surface area contributed by atoms with Crippen LogP contribution < -0.4 is 5.56 Å². The molecule has 0 unspecified atom stereocenters. The van der Waals surface area contributed by atoms with Crippen molar-refractivity contribution >= 4 is 5.91 Å². The Morgan fingerprint density at radius 2 is 2.19 bits per heavy atom. The number of unbranched alkanes of at least 4 members (excludes halogenated alkanes) is 1. The van der Waals surface area contributed by atoms with E-state index in [0.717, 1.165) is 55.6 Å². The molecule has 3 rings (SSSR count). The second-order valence-electron chi connectivity index (χ2n) is 7.63. The van der Waals surface area contributed by atoms with Crippen LogP contribution in [0.15, 0.2) is 17.1 Å². The summed E-state index contributed by atoms with van der Waals surface area (Å²) in [6.07, 6.45) is 7.24. The smallest absolute Gasteiger partial charge is 0.261 e. The molecule has 1 saturated heterocycles. The fourth-order valence-corrected chi connectivity index (χ4v) is 3.84. The normalized spacial score (nSPS) is 17.3. The number of aryl methyl sites for hydroxylation is 3. The maximum atomic E-state index is 12.9. The lowest BCUT2D eigenvalue weighted by molar-refractivity contribution is 0.0656. The van der Waals surface area contributed by atoms with Crippen LogP contribution in [0.25, 0.3) is 0 Å². The van der Waals surface area contributed by atoms with E-state index in [1.807, 2.05) is 35.7 Å². The standard InChI is InChI=1S/C20H29N5O2/c1-4-5-8-17-13-25(23-22-17)12-16-7-6-9-24(11-16)20(27)18-14(2)10-15(3)21-19(18)26/h10,13,16H,4-9,11-12H2,1-3H3,(H,21,26)/t16-/m1/s1. The van der Waals surface area contributed by atoms with Crippen LogP contribution in [-0.4, -0.2) is 43.9 Å². The SMILES string of the molecule is CCCCc1cn(C[C@@H]2CCCN(C(=O)c3c(C)cc(C)[nH]c3=O)C2)nn1. The van der Waals surface area contributed by atoms with Gasteiger partial charge >= 0.3 is 0 Å². The van der Waals surface area contributed by atoms with E-state index in [2.05, 4.69) is 22.2 Å². The Morgan fingerprint density at radius 3 is 2.93 bits per heavy atom. The topological polar surface area (TPSA) is 83.9 Å². The molecule has 0 radical (unpaired) electrons. The zero-order valence-corrected chi connectivity index (χ0v) is 16.5. The average molecular weight is 371 g/mol. The number of H-pyrrole nitrogens is 1. The van der Waals surface area contributed by atoms with Gasteiger partial charge in [0.25, 0.3) is 11.5 Å². The summed E-state index contributed by atoms with van der Waals surface area (Å²) >= 11 is 0. The van der Waals surface area contributed by atoms with Gasteiger partial charge in [0.05, 0.1) is 5.69 Å². The monoisotopic (exact) mass is 371 g/mol. The fourth-order valence-electron chi connectivity index (χ4n) is 3.84. The molecule has 1 fully saturated rings. The minimum Gasteiger partial charge on any atom is -0.338 e. The predicted octanol–water partition coefficient (Wildman–Crippen LogP) is 2.48. The Morgan fingerprint density at radius 1 is 1.37 bits per heavy atom. The summed E-state index contributed by atoms with van der Waals surface area (Å²) in [5.41, 5.74) is 2.51. The van der Waals surface area contributed by atoms with E-state index < -0.39 is 0 Å². The second kappa shape index (κ2) is 8.50. The largest absolute Gasteiger partial charge is 0.338 e. The van der Waals surface area contributed by atoms with Crippen LogP contribution in [0.1, 0.15) is 59.9 Å². The third kappa shape index (κ3) is 4.64. The third-order valence-electron chi connectivity index (χ3n) is 5.20. The lowest BCUT2D eigenvalue weighted by Crippen LogP contribution is -2.43. The molecule has 1 atom stereocenters. The highest BCUT2D eigenvalue weighted by Crippen LogP contribution is 2.20. The highest BCUT2D eigenvalue weighted by atomic mass is 16.2. The number of carbonyl (C=O) groups excluding carboxylic acids is 1. The minimum atomic E-state index is -0.295.